The van der Waals surface area contributed by atoms with Gasteiger partial charge >= 0.3 is 10.4 Å². The minimum Gasteiger partial charge on any atom is -0.330 e. The van der Waals surface area contributed by atoms with Gasteiger partial charge in [0.25, 0.3) is 0 Å². The Kier molecular flexibility index (Phi) is 22.7. The van der Waals surface area contributed by atoms with E-state index in [0.29, 0.717) is 0 Å². The van der Waals surface area contributed by atoms with Crippen LogP contribution in [-0.2, 0) is 18.8 Å². The fraction of sp³-hybridized carbons (Fsp3) is 1.00. The SMILES string of the molecule is CCCN.CCOS(=O)(=O)OCC.CNC. The summed E-state index contributed by atoms with van der Waals surface area (Å²) < 4.78 is 29.2. The van der Waals surface area contributed by atoms with Crippen molar-refractivity contribution in [2.75, 3.05) is 33.9 Å². The Morgan fingerprint density at radius 1 is 1.06 bits per heavy atom. The minimum atomic E-state index is -3.68. The summed E-state index contributed by atoms with van der Waals surface area (Å²) >= 11 is 0. The molecule has 0 aliphatic carbocycles. The molecule has 0 bridgehead atoms. The Labute approximate surface area is 99.8 Å². The molecule has 0 saturated carbocycles. The molecule has 0 atom stereocenters. The van der Waals surface area contributed by atoms with Gasteiger partial charge in [-0.3, -0.25) is 0 Å². The fourth-order valence-electron chi connectivity index (χ4n) is 0.323. The quantitative estimate of drug-likeness (QED) is 0.746. The van der Waals surface area contributed by atoms with Gasteiger partial charge in [-0.1, -0.05) is 6.92 Å². The Morgan fingerprint density at radius 3 is 1.44 bits per heavy atom. The van der Waals surface area contributed by atoms with Gasteiger partial charge in [-0.05, 0) is 40.9 Å². The van der Waals surface area contributed by atoms with Crippen LogP contribution in [-0.4, -0.2) is 42.3 Å². The third-order valence-electron chi connectivity index (χ3n) is 0.813. The van der Waals surface area contributed by atoms with Crippen LogP contribution in [0.3, 0.4) is 0 Å². The first-order valence-electron chi connectivity index (χ1n) is 5.27. The zero-order valence-electron chi connectivity index (χ0n) is 10.9. The van der Waals surface area contributed by atoms with Crippen LogP contribution in [0.5, 0.6) is 0 Å². The van der Waals surface area contributed by atoms with Gasteiger partial charge < -0.3 is 11.1 Å². The van der Waals surface area contributed by atoms with E-state index in [9.17, 15) is 8.42 Å². The summed E-state index contributed by atoms with van der Waals surface area (Å²) in [5.74, 6) is 0. The number of hydrogen-bond donors (Lipinski definition) is 2. The van der Waals surface area contributed by atoms with Gasteiger partial charge in [0.15, 0.2) is 0 Å². The Balaban J connectivity index is -0.000000201. The van der Waals surface area contributed by atoms with E-state index >= 15 is 0 Å². The maximum absolute atomic E-state index is 10.4. The lowest BCUT2D eigenvalue weighted by molar-refractivity contribution is 0.231. The van der Waals surface area contributed by atoms with Crippen molar-refractivity contribution in [2.24, 2.45) is 5.73 Å². The lowest BCUT2D eigenvalue weighted by atomic mass is 10.5. The lowest BCUT2D eigenvalue weighted by Crippen LogP contribution is -2.09. The van der Waals surface area contributed by atoms with Gasteiger partial charge in [-0.2, -0.15) is 8.42 Å². The second kappa shape index (κ2) is 17.2. The van der Waals surface area contributed by atoms with Crippen molar-refractivity contribution in [2.45, 2.75) is 27.2 Å². The fourth-order valence-corrected chi connectivity index (χ4v) is 0.968. The van der Waals surface area contributed by atoms with Crippen LogP contribution in [0.2, 0.25) is 0 Å². The standard InChI is InChI=1S/C4H10O4S.C3H9N.C2H7N/c1-3-7-9(5,6)8-4-2;1-2-3-4;1-3-2/h3-4H2,1-2H3;2-4H2,1H3;3H,1-2H3. The maximum atomic E-state index is 10.4. The molecule has 0 aliphatic rings. The van der Waals surface area contributed by atoms with Crippen LogP contribution in [0.25, 0.3) is 0 Å². The van der Waals surface area contributed by atoms with Gasteiger partial charge in [-0.15, -0.1) is 0 Å². The average Bonchev–Trinajstić information content (AvgIpc) is 2.19. The van der Waals surface area contributed by atoms with E-state index in [4.69, 9.17) is 5.73 Å². The van der Waals surface area contributed by atoms with Crippen LogP contribution in [0.15, 0.2) is 0 Å². The van der Waals surface area contributed by atoms with Crippen LogP contribution >= 0.6 is 0 Å². The van der Waals surface area contributed by atoms with Crippen LogP contribution < -0.4 is 11.1 Å². The predicted molar refractivity (Wildman–Crippen MR) is 66.5 cm³/mol. The summed E-state index contributed by atoms with van der Waals surface area (Å²) in [4.78, 5) is 0. The van der Waals surface area contributed by atoms with Gasteiger partial charge in [0, 0.05) is 0 Å². The average molecular weight is 258 g/mol. The third-order valence-corrected chi connectivity index (χ3v) is 1.86. The molecule has 0 aromatic rings. The van der Waals surface area contributed by atoms with Crippen molar-refractivity contribution in [1.29, 1.82) is 0 Å². The highest BCUT2D eigenvalue weighted by atomic mass is 32.3. The minimum absolute atomic E-state index is 0.113. The molecule has 0 spiro atoms. The monoisotopic (exact) mass is 258 g/mol. The molecular formula is C9H26N2O4S. The van der Waals surface area contributed by atoms with E-state index in [-0.39, 0.29) is 13.2 Å². The number of nitrogens with two attached hydrogens (primary N) is 1. The molecule has 0 rings (SSSR count). The first kappa shape index (κ1) is 21.1. The smallest absolute Gasteiger partial charge is 0.330 e. The van der Waals surface area contributed by atoms with Crippen molar-refractivity contribution >= 4 is 10.4 Å². The first-order valence-corrected chi connectivity index (χ1v) is 6.61. The summed E-state index contributed by atoms with van der Waals surface area (Å²) in [5, 5.41) is 2.75. The maximum Gasteiger partial charge on any atom is 0.399 e. The van der Waals surface area contributed by atoms with Crippen LogP contribution in [0.4, 0.5) is 0 Å². The highest BCUT2D eigenvalue weighted by Crippen LogP contribution is 1.93. The molecule has 0 unspecified atom stereocenters. The molecular weight excluding hydrogens is 232 g/mol. The lowest BCUT2D eigenvalue weighted by Gasteiger charge is -1.99. The van der Waals surface area contributed by atoms with Gasteiger partial charge in [0.1, 0.15) is 0 Å². The molecule has 0 aromatic carbocycles. The summed E-state index contributed by atoms with van der Waals surface area (Å²) in [6.07, 6.45) is 1.10. The molecule has 0 fully saturated rings. The molecule has 16 heavy (non-hydrogen) atoms. The predicted octanol–water partition coefficient (Wildman–Crippen LogP) is 0.495. The largest absolute Gasteiger partial charge is 0.399 e. The van der Waals surface area contributed by atoms with Gasteiger partial charge in [0.05, 0.1) is 13.2 Å². The van der Waals surface area contributed by atoms with Crippen LogP contribution in [0, 0.1) is 0 Å². The molecule has 6 nitrogen and oxygen atoms in total. The van der Waals surface area contributed by atoms with E-state index in [1.54, 1.807) is 13.8 Å². The highest BCUT2D eigenvalue weighted by Gasteiger charge is 2.06. The van der Waals surface area contributed by atoms with Gasteiger partial charge in [-0.25, -0.2) is 8.37 Å². The van der Waals surface area contributed by atoms with Crippen molar-refractivity contribution < 1.29 is 16.8 Å². The number of hydrogen-bond acceptors (Lipinski definition) is 6. The zero-order chi connectivity index (χ0) is 13.4. The molecule has 3 N–H and O–H groups in total. The van der Waals surface area contributed by atoms with E-state index in [1.807, 2.05) is 14.1 Å². The van der Waals surface area contributed by atoms with Crippen molar-refractivity contribution in [1.82, 2.24) is 5.32 Å². The Morgan fingerprint density at radius 2 is 1.31 bits per heavy atom. The topological polar surface area (TPSA) is 90.7 Å². The third kappa shape index (κ3) is 29.2. The molecule has 0 heterocycles. The van der Waals surface area contributed by atoms with Crippen molar-refractivity contribution in [3.8, 4) is 0 Å². The molecule has 7 heteroatoms. The Hall–Kier alpha value is -0.210. The van der Waals surface area contributed by atoms with Crippen LogP contribution in [0.1, 0.15) is 27.2 Å². The van der Waals surface area contributed by atoms with Crippen molar-refractivity contribution in [3.05, 3.63) is 0 Å². The Bertz CT molecular complexity index is 182. The summed E-state index contributed by atoms with van der Waals surface area (Å²) in [6.45, 7) is 6.26. The number of nitrogens with one attached hydrogen (secondary N) is 1. The highest BCUT2D eigenvalue weighted by molar-refractivity contribution is 7.81. The number of rotatable bonds is 5. The molecule has 0 radical (unpaired) electrons. The summed E-state index contributed by atoms with van der Waals surface area (Å²) in [7, 11) is 0.0683. The molecule has 0 aliphatic heterocycles. The summed E-state index contributed by atoms with van der Waals surface area (Å²) in [5.41, 5.74) is 5.03. The zero-order valence-corrected chi connectivity index (χ0v) is 11.8. The van der Waals surface area contributed by atoms with Crippen molar-refractivity contribution in [3.63, 3.8) is 0 Å². The molecule has 0 amide bonds. The second-order valence-electron chi connectivity index (χ2n) is 2.51. The van der Waals surface area contributed by atoms with E-state index in [0.717, 1.165) is 13.0 Å². The molecule has 0 aromatic heterocycles. The molecule has 102 valence electrons. The first-order chi connectivity index (χ1) is 7.45. The normalized spacial score (nSPS) is 9.62. The van der Waals surface area contributed by atoms with Gasteiger partial charge in [0.2, 0.25) is 0 Å². The summed E-state index contributed by atoms with van der Waals surface area (Å²) in [6, 6.07) is 0. The van der Waals surface area contributed by atoms with E-state index in [2.05, 4.69) is 20.6 Å². The van der Waals surface area contributed by atoms with E-state index < -0.39 is 10.4 Å². The molecule has 0 saturated heterocycles. The second-order valence-corrected chi connectivity index (χ2v) is 3.80. The van der Waals surface area contributed by atoms with E-state index in [1.165, 1.54) is 0 Å².